The van der Waals surface area contributed by atoms with Crippen LogP contribution in [0.3, 0.4) is 0 Å². The minimum Gasteiger partial charge on any atom is -0.381 e. The number of hydrogen-bond acceptors (Lipinski definition) is 3. The second-order valence-electron chi connectivity index (χ2n) is 2.96. The van der Waals surface area contributed by atoms with E-state index in [-0.39, 0.29) is 18.4 Å². The number of hydrogen-bond donors (Lipinski definition) is 2. The molecule has 1 rings (SSSR count). The smallest absolute Gasteiger partial charge is 0.218 e. The fourth-order valence-electron chi connectivity index (χ4n) is 1.29. The fraction of sp³-hybridized carbons (Fsp3) is 0.857. The third kappa shape index (κ3) is 2.48. The molecule has 0 aromatic carbocycles. The molecule has 4 nitrogen and oxygen atoms in total. The van der Waals surface area contributed by atoms with E-state index < -0.39 is 0 Å². The Hall–Kier alpha value is -0.610. The standard InChI is InChI=1S/C7H14N2O2/c8-6(3-7(9)10)5-1-2-11-4-5/h5-6H,1-4,8H2,(H2,9,10)/t5-,6+/m0/s1. The van der Waals surface area contributed by atoms with Gasteiger partial charge in [0.2, 0.25) is 5.91 Å². The van der Waals surface area contributed by atoms with Crippen LogP contribution < -0.4 is 11.5 Å². The Morgan fingerprint density at radius 3 is 2.91 bits per heavy atom. The maximum atomic E-state index is 10.5. The number of rotatable bonds is 3. The minimum absolute atomic E-state index is 0.116. The molecule has 0 aromatic heterocycles. The minimum atomic E-state index is -0.329. The maximum Gasteiger partial charge on any atom is 0.218 e. The van der Waals surface area contributed by atoms with Gasteiger partial charge in [-0.25, -0.2) is 0 Å². The van der Waals surface area contributed by atoms with Crippen LogP contribution in [0.5, 0.6) is 0 Å². The summed E-state index contributed by atoms with van der Waals surface area (Å²) in [5.41, 5.74) is 10.7. The summed E-state index contributed by atoms with van der Waals surface area (Å²) in [5.74, 6) is -0.00750. The molecule has 0 aromatic rings. The van der Waals surface area contributed by atoms with Gasteiger partial charge in [-0.05, 0) is 6.42 Å². The Morgan fingerprint density at radius 1 is 1.73 bits per heavy atom. The van der Waals surface area contributed by atoms with Crippen molar-refractivity contribution in [1.82, 2.24) is 0 Å². The molecular formula is C7H14N2O2. The molecule has 0 aliphatic carbocycles. The van der Waals surface area contributed by atoms with Crippen LogP contribution in [0.4, 0.5) is 0 Å². The maximum absolute atomic E-state index is 10.5. The molecule has 0 saturated carbocycles. The Balaban J connectivity index is 2.28. The zero-order valence-electron chi connectivity index (χ0n) is 6.45. The molecule has 0 bridgehead atoms. The molecule has 4 heteroatoms. The highest BCUT2D eigenvalue weighted by Crippen LogP contribution is 2.16. The fourth-order valence-corrected chi connectivity index (χ4v) is 1.29. The molecule has 2 atom stereocenters. The number of ether oxygens (including phenoxy) is 1. The van der Waals surface area contributed by atoms with E-state index in [1.807, 2.05) is 0 Å². The number of carbonyl (C=O) groups is 1. The Morgan fingerprint density at radius 2 is 2.45 bits per heavy atom. The molecule has 1 fully saturated rings. The molecule has 1 saturated heterocycles. The van der Waals surface area contributed by atoms with Gasteiger partial charge in [-0.2, -0.15) is 0 Å². The molecule has 0 spiro atoms. The van der Waals surface area contributed by atoms with Crippen molar-refractivity contribution in [3.8, 4) is 0 Å². The van der Waals surface area contributed by atoms with Crippen molar-refractivity contribution in [3.05, 3.63) is 0 Å². The predicted octanol–water partition coefficient (Wildman–Crippen LogP) is -0.774. The first-order valence-electron chi connectivity index (χ1n) is 3.82. The van der Waals surface area contributed by atoms with Crippen LogP contribution in [0.2, 0.25) is 0 Å². The van der Waals surface area contributed by atoms with Gasteiger partial charge < -0.3 is 16.2 Å². The van der Waals surface area contributed by atoms with E-state index in [1.165, 1.54) is 0 Å². The number of primary amides is 1. The van der Waals surface area contributed by atoms with Crippen molar-refractivity contribution >= 4 is 5.91 Å². The van der Waals surface area contributed by atoms with E-state index in [4.69, 9.17) is 16.2 Å². The van der Waals surface area contributed by atoms with Gasteiger partial charge in [0.05, 0.1) is 6.61 Å². The van der Waals surface area contributed by atoms with Crippen LogP contribution in [-0.4, -0.2) is 25.2 Å². The monoisotopic (exact) mass is 158 g/mol. The van der Waals surface area contributed by atoms with Gasteiger partial charge in [0.25, 0.3) is 0 Å². The number of carbonyl (C=O) groups excluding carboxylic acids is 1. The van der Waals surface area contributed by atoms with Gasteiger partial charge >= 0.3 is 0 Å². The average Bonchev–Trinajstić information content (AvgIpc) is 2.35. The second-order valence-corrected chi connectivity index (χ2v) is 2.96. The normalized spacial score (nSPS) is 26.8. The van der Waals surface area contributed by atoms with Crippen molar-refractivity contribution in [3.63, 3.8) is 0 Å². The average molecular weight is 158 g/mol. The van der Waals surface area contributed by atoms with Crippen LogP contribution in [0.25, 0.3) is 0 Å². The van der Waals surface area contributed by atoms with Crippen molar-refractivity contribution in [2.24, 2.45) is 17.4 Å². The highest BCUT2D eigenvalue weighted by molar-refractivity contribution is 5.74. The summed E-state index contributed by atoms with van der Waals surface area (Å²) in [7, 11) is 0. The Bertz CT molecular complexity index is 143. The molecule has 0 radical (unpaired) electrons. The van der Waals surface area contributed by atoms with E-state index in [0.29, 0.717) is 12.5 Å². The third-order valence-electron chi connectivity index (χ3n) is 2.01. The molecular weight excluding hydrogens is 144 g/mol. The molecule has 1 amide bonds. The second kappa shape index (κ2) is 3.69. The summed E-state index contributed by atoms with van der Waals surface area (Å²) in [4.78, 5) is 10.5. The first-order valence-corrected chi connectivity index (χ1v) is 3.82. The van der Waals surface area contributed by atoms with E-state index in [1.54, 1.807) is 0 Å². The first kappa shape index (κ1) is 8.49. The van der Waals surface area contributed by atoms with E-state index in [0.717, 1.165) is 13.0 Å². The van der Waals surface area contributed by atoms with Gasteiger partial charge in [-0.3, -0.25) is 4.79 Å². The summed E-state index contributed by atoms with van der Waals surface area (Å²) < 4.78 is 5.13. The predicted molar refractivity (Wildman–Crippen MR) is 40.7 cm³/mol. The van der Waals surface area contributed by atoms with Crippen LogP contribution in [0.15, 0.2) is 0 Å². The molecule has 11 heavy (non-hydrogen) atoms. The van der Waals surface area contributed by atoms with Crippen molar-refractivity contribution in [2.45, 2.75) is 18.9 Å². The lowest BCUT2D eigenvalue weighted by Gasteiger charge is -2.14. The third-order valence-corrected chi connectivity index (χ3v) is 2.01. The highest BCUT2D eigenvalue weighted by Gasteiger charge is 2.23. The lowest BCUT2D eigenvalue weighted by molar-refractivity contribution is -0.118. The van der Waals surface area contributed by atoms with Crippen molar-refractivity contribution < 1.29 is 9.53 Å². The van der Waals surface area contributed by atoms with Crippen LogP contribution in [0, 0.1) is 5.92 Å². The molecule has 1 aliphatic rings. The van der Waals surface area contributed by atoms with Crippen LogP contribution >= 0.6 is 0 Å². The summed E-state index contributed by atoms with van der Waals surface area (Å²) in [6, 6.07) is -0.116. The lowest BCUT2D eigenvalue weighted by Crippen LogP contribution is -2.34. The van der Waals surface area contributed by atoms with Gasteiger partial charge in [0.15, 0.2) is 0 Å². The zero-order chi connectivity index (χ0) is 8.27. The van der Waals surface area contributed by atoms with Crippen molar-refractivity contribution in [2.75, 3.05) is 13.2 Å². The van der Waals surface area contributed by atoms with Gasteiger partial charge in [-0.15, -0.1) is 0 Å². The highest BCUT2D eigenvalue weighted by atomic mass is 16.5. The summed E-state index contributed by atoms with van der Waals surface area (Å²) in [6.07, 6.45) is 1.22. The number of nitrogens with two attached hydrogens (primary N) is 2. The Labute approximate surface area is 65.9 Å². The van der Waals surface area contributed by atoms with Crippen LogP contribution in [0.1, 0.15) is 12.8 Å². The van der Waals surface area contributed by atoms with E-state index >= 15 is 0 Å². The van der Waals surface area contributed by atoms with Gasteiger partial charge in [-0.1, -0.05) is 0 Å². The summed E-state index contributed by atoms with van der Waals surface area (Å²) in [6.45, 7) is 1.44. The Kier molecular flexibility index (Phi) is 2.84. The van der Waals surface area contributed by atoms with E-state index in [9.17, 15) is 4.79 Å². The van der Waals surface area contributed by atoms with Gasteiger partial charge in [0.1, 0.15) is 0 Å². The zero-order valence-corrected chi connectivity index (χ0v) is 6.45. The van der Waals surface area contributed by atoms with Crippen LogP contribution in [-0.2, 0) is 9.53 Å². The largest absolute Gasteiger partial charge is 0.381 e. The molecule has 64 valence electrons. The summed E-state index contributed by atoms with van der Waals surface area (Å²) in [5, 5.41) is 0. The molecule has 1 aliphatic heterocycles. The number of amides is 1. The molecule has 1 heterocycles. The molecule has 0 unspecified atom stereocenters. The van der Waals surface area contributed by atoms with E-state index in [2.05, 4.69) is 0 Å². The quantitative estimate of drug-likeness (QED) is 0.566. The van der Waals surface area contributed by atoms with Gasteiger partial charge in [0, 0.05) is 25.0 Å². The lowest BCUT2D eigenvalue weighted by atomic mass is 9.97. The van der Waals surface area contributed by atoms with Crippen molar-refractivity contribution in [1.29, 1.82) is 0 Å². The summed E-state index contributed by atoms with van der Waals surface area (Å²) >= 11 is 0. The molecule has 4 N–H and O–H groups in total. The SMILES string of the molecule is NC(=O)C[C@@H](N)[C@H]1CCOC1. The topological polar surface area (TPSA) is 78.3 Å². The first-order chi connectivity index (χ1) is 5.20.